The summed E-state index contributed by atoms with van der Waals surface area (Å²) in [5, 5.41) is 0. The van der Waals surface area contributed by atoms with E-state index in [-0.39, 0.29) is 6.07 Å². The predicted octanol–water partition coefficient (Wildman–Crippen LogP) is 4.24. The summed E-state index contributed by atoms with van der Waals surface area (Å²) in [5.41, 5.74) is -4.17. The minimum atomic E-state index is -4.87. The molecule has 0 heterocycles. The first-order valence-electron chi connectivity index (χ1n) is 4.74. The topological polar surface area (TPSA) is 17.1 Å². The number of aryl methyl sites for hydroxylation is 1. The van der Waals surface area contributed by atoms with E-state index in [2.05, 4.69) is 0 Å². The van der Waals surface area contributed by atoms with Crippen LogP contribution in [0.15, 0.2) is 12.1 Å². The molecule has 0 N–H and O–H groups in total. The van der Waals surface area contributed by atoms with Gasteiger partial charge in [0, 0.05) is 5.56 Å². The van der Waals surface area contributed by atoms with Crippen LogP contribution >= 0.6 is 0 Å². The number of hydrogen-bond acceptors (Lipinski definition) is 1. The lowest BCUT2D eigenvalue weighted by Gasteiger charge is -2.17. The van der Waals surface area contributed by atoms with E-state index in [1.165, 1.54) is 0 Å². The van der Waals surface area contributed by atoms with Crippen LogP contribution in [0.25, 0.3) is 0 Å². The predicted molar refractivity (Wildman–Crippen MR) is 51.2 cm³/mol. The Labute approximate surface area is 98.4 Å². The number of carbonyl (C=O) groups excluding carboxylic acids is 1. The van der Waals surface area contributed by atoms with Gasteiger partial charge in [-0.2, -0.15) is 26.3 Å². The first kappa shape index (κ1) is 14.5. The first-order valence-corrected chi connectivity index (χ1v) is 4.74. The second kappa shape index (κ2) is 4.29. The van der Waals surface area contributed by atoms with Crippen LogP contribution in [0.4, 0.5) is 26.3 Å². The molecule has 0 saturated carbocycles. The van der Waals surface area contributed by atoms with Crippen molar-refractivity contribution in [2.75, 3.05) is 0 Å². The summed E-state index contributed by atoms with van der Waals surface area (Å²) in [6.07, 6.45) is -9.66. The molecule has 18 heavy (non-hydrogen) atoms. The number of Topliss-reactive ketones (excluding diaryl/α,β-unsaturated/α-hetero) is 1. The molecule has 100 valence electrons. The van der Waals surface area contributed by atoms with Gasteiger partial charge in [0.2, 0.25) is 0 Å². The highest BCUT2D eigenvalue weighted by molar-refractivity contribution is 5.96. The summed E-state index contributed by atoms with van der Waals surface area (Å²) in [5.74, 6) is -1.06. The minimum Gasteiger partial charge on any atom is -0.294 e. The van der Waals surface area contributed by atoms with Crippen molar-refractivity contribution in [2.24, 2.45) is 0 Å². The van der Waals surface area contributed by atoms with Crippen molar-refractivity contribution < 1.29 is 31.1 Å². The standard InChI is InChI=1S/C11H8F6O/c1-5-3-7(10(12,13)14)4-8(6(2)18)9(5)11(15,16)17/h3-4H,1-2H3. The van der Waals surface area contributed by atoms with Gasteiger partial charge in [0.1, 0.15) is 0 Å². The lowest BCUT2D eigenvalue weighted by Crippen LogP contribution is -2.17. The summed E-state index contributed by atoms with van der Waals surface area (Å²) in [4.78, 5) is 11.1. The Balaban J connectivity index is 3.62. The van der Waals surface area contributed by atoms with Gasteiger partial charge in [-0.3, -0.25) is 4.79 Å². The molecular weight excluding hydrogens is 262 g/mol. The molecule has 0 aliphatic heterocycles. The second-order valence-corrected chi connectivity index (χ2v) is 3.77. The molecule has 0 unspecified atom stereocenters. The molecule has 1 aromatic rings. The normalized spacial score (nSPS) is 12.7. The van der Waals surface area contributed by atoms with E-state index < -0.39 is 40.4 Å². The molecule has 0 saturated heterocycles. The van der Waals surface area contributed by atoms with Gasteiger partial charge in [-0.25, -0.2) is 0 Å². The van der Waals surface area contributed by atoms with Crippen molar-refractivity contribution in [1.29, 1.82) is 0 Å². The smallest absolute Gasteiger partial charge is 0.294 e. The van der Waals surface area contributed by atoms with Crippen molar-refractivity contribution >= 4 is 5.78 Å². The van der Waals surface area contributed by atoms with Crippen molar-refractivity contribution in [3.05, 3.63) is 34.4 Å². The van der Waals surface area contributed by atoms with E-state index in [9.17, 15) is 31.1 Å². The Kier molecular flexibility index (Phi) is 3.47. The highest BCUT2D eigenvalue weighted by Crippen LogP contribution is 2.38. The van der Waals surface area contributed by atoms with Crippen LogP contribution in [0, 0.1) is 6.92 Å². The Hall–Kier alpha value is -1.53. The molecule has 0 radical (unpaired) electrons. The first-order chi connectivity index (χ1) is 7.94. The van der Waals surface area contributed by atoms with Crippen LogP contribution in [0.2, 0.25) is 0 Å². The maximum Gasteiger partial charge on any atom is 0.417 e. The summed E-state index contributed by atoms with van der Waals surface area (Å²) in [7, 11) is 0. The molecule has 7 heteroatoms. The molecule has 1 nitrogen and oxygen atoms in total. The van der Waals surface area contributed by atoms with Crippen LogP contribution in [0.1, 0.15) is 34.0 Å². The summed E-state index contributed by atoms with van der Waals surface area (Å²) >= 11 is 0. The molecular formula is C11H8F6O. The van der Waals surface area contributed by atoms with Crippen LogP contribution in [0.5, 0.6) is 0 Å². The van der Waals surface area contributed by atoms with Crippen molar-refractivity contribution in [1.82, 2.24) is 0 Å². The molecule has 0 aliphatic rings. The highest BCUT2D eigenvalue weighted by atomic mass is 19.4. The van der Waals surface area contributed by atoms with Crippen LogP contribution in [-0.2, 0) is 12.4 Å². The van der Waals surface area contributed by atoms with Gasteiger partial charge in [0.25, 0.3) is 0 Å². The lowest BCUT2D eigenvalue weighted by atomic mass is 9.95. The fraction of sp³-hybridized carbons (Fsp3) is 0.364. The Morgan fingerprint density at radius 3 is 1.83 bits per heavy atom. The van der Waals surface area contributed by atoms with E-state index in [0.29, 0.717) is 6.07 Å². The van der Waals surface area contributed by atoms with E-state index in [1.807, 2.05) is 0 Å². The molecule has 0 aromatic heterocycles. The molecule has 0 aliphatic carbocycles. The van der Waals surface area contributed by atoms with E-state index in [0.717, 1.165) is 13.8 Å². The third kappa shape index (κ3) is 2.83. The number of halogens is 6. The minimum absolute atomic E-state index is 0.234. The Morgan fingerprint density at radius 1 is 1.00 bits per heavy atom. The average molecular weight is 270 g/mol. The van der Waals surface area contributed by atoms with Crippen molar-refractivity contribution in [3.63, 3.8) is 0 Å². The lowest BCUT2D eigenvalue weighted by molar-refractivity contribution is -0.142. The zero-order valence-corrected chi connectivity index (χ0v) is 9.33. The van der Waals surface area contributed by atoms with Crippen molar-refractivity contribution in [2.45, 2.75) is 26.2 Å². The van der Waals surface area contributed by atoms with E-state index >= 15 is 0 Å². The van der Waals surface area contributed by atoms with Gasteiger partial charge in [0.15, 0.2) is 5.78 Å². The summed E-state index contributed by atoms with van der Waals surface area (Å²) < 4.78 is 75.3. The van der Waals surface area contributed by atoms with Gasteiger partial charge < -0.3 is 0 Å². The fourth-order valence-corrected chi connectivity index (χ4v) is 1.60. The Morgan fingerprint density at radius 2 is 1.50 bits per heavy atom. The zero-order valence-electron chi connectivity index (χ0n) is 9.33. The molecule has 0 atom stereocenters. The third-order valence-electron chi connectivity index (χ3n) is 2.33. The van der Waals surface area contributed by atoms with E-state index in [4.69, 9.17) is 0 Å². The molecule has 1 rings (SSSR count). The monoisotopic (exact) mass is 270 g/mol. The SMILES string of the molecule is CC(=O)c1cc(C(F)(F)F)cc(C)c1C(F)(F)F. The van der Waals surface area contributed by atoms with Crippen molar-refractivity contribution in [3.8, 4) is 0 Å². The maximum absolute atomic E-state index is 12.7. The number of rotatable bonds is 1. The van der Waals surface area contributed by atoms with Crippen LogP contribution in [0.3, 0.4) is 0 Å². The average Bonchev–Trinajstić information content (AvgIpc) is 2.12. The number of benzene rings is 1. The highest BCUT2D eigenvalue weighted by Gasteiger charge is 2.39. The summed E-state index contributed by atoms with van der Waals surface area (Å²) in [6.45, 7) is 1.69. The molecule has 0 amide bonds. The molecule has 0 spiro atoms. The number of ketones is 1. The Bertz CT molecular complexity index is 484. The summed E-state index contributed by atoms with van der Waals surface area (Å²) in [6, 6.07) is 0.618. The quantitative estimate of drug-likeness (QED) is 0.551. The van der Waals surface area contributed by atoms with Gasteiger partial charge in [0.05, 0.1) is 11.1 Å². The van der Waals surface area contributed by atoms with Gasteiger partial charge in [-0.1, -0.05) is 0 Å². The zero-order chi connectivity index (χ0) is 14.3. The maximum atomic E-state index is 12.7. The number of alkyl halides is 6. The van der Waals surface area contributed by atoms with Gasteiger partial charge in [-0.05, 0) is 31.5 Å². The molecule has 0 bridgehead atoms. The third-order valence-corrected chi connectivity index (χ3v) is 2.33. The molecule has 0 fully saturated rings. The number of carbonyl (C=O) groups is 1. The largest absolute Gasteiger partial charge is 0.417 e. The second-order valence-electron chi connectivity index (χ2n) is 3.77. The fourth-order valence-electron chi connectivity index (χ4n) is 1.60. The van der Waals surface area contributed by atoms with Gasteiger partial charge >= 0.3 is 12.4 Å². The van der Waals surface area contributed by atoms with Crippen LogP contribution < -0.4 is 0 Å². The van der Waals surface area contributed by atoms with Gasteiger partial charge in [-0.15, -0.1) is 0 Å². The molecule has 1 aromatic carbocycles. The van der Waals surface area contributed by atoms with E-state index in [1.54, 1.807) is 0 Å². The van der Waals surface area contributed by atoms with Crippen LogP contribution in [-0.4, -0.2) is 5.78 Å². The number of hydrogen-bond donors (Lipinski definition) is 0.